The van der Waals surface area contributed by atoms with Gasteiger partial charge in [0.25, 0.3) is 0 Å². The van der Waals surface area contributed by atoms with Gasteiger partial charge in [-0.05, 0) is 12.8 Å². The first kappa shape index (κ1) is 13.3. The van der Waals surface area contributed by atoms with Crippen LogP contribution in [0.5, 0.6) is 0 Å². The van der Waals surface area contributed by atoms with Crippen LogP contribution in [0.15, 0.2) is 0 Å². The van der Waals surface area contributed by atoms with Gasteiger partial charge < -0.3 is 20.3 Å². The van der Waals surface area contributed by atoms with Crippen molar-refractivity contribution in [1.29, 1.82) is 0 Å². The van der Waals surface area contributed by atoms with Gasteiger partial charge in [0.2, 0.25) is 11.8 Å². The van der Waals surface area contributed by atoms with Gasteiger partial charge in [-0.25, -0.2) is 0 Å². The Morgan fingerprint density at radius 2 is 1.72 bits per heavy atom. The van der Waals surface area contributed by atoms with Crippen molar-refractivity contribution in [2.75, 3.05) is 45.9 Å². The first-order chi connectivity index (χ1) is 8.72. The molecule has 0 unspecified atom stereocenters. The van der Waals surface area contributed by atoms with E-state index in [0.717, 1.165) is 12.8 Å². The number of rotatable bonds is 5. The molecule has 6 nitrogen and oxygen atoms in total. The summed E-state index contributed by atoms with van der Waals surface area (Å²) in [6, 6.07) is 0. The first-order valence-electron chi connectivity index (χ1n) is 6.56. The summed E-state index contributed by atoms with van der Waals surface area (Å²) in [6.07, 6.45) is 2.07. The number of amides is 2. The third-order valence-corrected chi connectivity index (χ3v) is 3.36. The number of ether oxygens (including phenoxy) is 1. The molecule has 18 heavy (non-hydrogen) atoms. The van der Waals surface area contributed by atoms with Gasteiger partial charge in [-0.1, -0.05) is 0 Å². The Morgan fingerprint density at radius 1 is 1.11 bits per heavy atom. The summed E-state index contributed by atoms with van der Waals surface area (Å²) in [6.45, 7) is 3.46. The van der Waals surface area contributed by atoms with Crippen LogP contribution in [-0.4, -0.2) is 67.6 Å². The molecular formula is C12H21N3O3. The second kappa shape index (κ2) is 6.15. The number of carbonyl (C=O) groups is 2. The molecule has 1 saturated carbocycles. The van der Waals surface area contributed by atoms with Crippen molar-refractivity contribution in [3.05, 3.63) is 0 Å². The molecule has 0 aromatic heterocycles. The predicted octanol–water partition coefficient (Wildman–Crippen LogP) is -0.957. The van der Waals surface area contributed by atoms with Gasteiger partial charge in [0, 0.05) is 38.6 Å². The molecule has 0 atom stereocenters. The Morgan fingerprint density at radius 3 is 2.28 bits per heavy atom. The van der Waals surface area contributed by atoms with Crippen LogP contribution in [0, 0.1) is 5.92 Å². The number of carbonyl (C=O) groups excluding carboxylic acids is 2. The van der Waals surface area contributed by atoms with E-state index in [0.29, 0.717) is 39.3 Å². The van der Waals surface area contributed by atoms with Crippen LogP contribution < -0.4 is 5.73 Å². The minimum atomic E-state index is -0.0121. The summed E-state index contributed by atoms with van der Waals surface area (Å²) in [5.41, 5.74) is 5.28. The van der Waals surface area contributed by atoms with Crippen molar-refractivity contribution in [3.63, 3.8) is 0 Å². The largest absolute Gasteiger partial charge is 0.370 e. The summed E-state index contributed by atoms with van der Waals surface area (Å²) in [5, 5.41) is 0. The Bertz CT molecular complexity index is 310. The molecule has 2 aliphatic rings. The van der Waals surface area contributed by atoms with Crippen LogP contribution in [0.2, 0.25) is 0 Å². The van der Waals surface area contributed by atoms with Gasteiger partial charge in [-0.2, -0.15) is 0 Å². The maximum absolute atomic E-state index is 11.8. The van der Waals surface area contributed by atoms with Crippen molar-refractivity contribution in [1.82, 2.24) is 9.80 Å². The van der Waals surface area contributed by atoms with E-state index >= 15 is 0 Å². The molecule has 2 fully saturated rings. The lowest BCUT2D eigenvalue weighted by Gasteiger charge is -2.34. The second-order valence-electron chi connectivity index (χ2n) is 4.82. The van der Waals surface area contributed by atoms with Gasteiger partial charge in [0.05, 0.1) is 6.61 Å². The summed E-state index contributed by atoms with van der Waals surface area (Å²) < 4.78 is 5.12. The Labute approximate surface area is 107 Å². The van der Waals surface area contributed by atoms with E-state index in [2.05, 4.69) is 0 Å². The Hall–Kier alpha value is -1.14. The van der Waals surface area contributed by atoms with Gasteiger partial charge in [-0.15, -0.1) is 0 Å². The van der Waals surface area contributed by atoms with E-state index in [4.69, 9.17) is 10.5 Å². The van der Waals surface area contributed by atoms with E-state index in [1.807, 2.05) is 4.90 Å². The molecule has 0 spiro atoms. The topological polar surface area (TPSA) is 75.9 Å². The van der Waals surface area contributed by atoms with E-state index in [1.165, 1.54) is 0 Å². The van der Waals surface area contributed by atoms with Crippen molar-refractivity contribution < 1.29 is 14.3 Å². The summed E-state index contributed by atoms with van der Waals surface area (Å²) >= 11 is 0. The van der Waals surface area contributed by atoms with Crippen molar-refractivity contribution in [2.24, 2.45) is 11.7 Å². The van der Waals surface area contributed by atoms with Crippen molar-refractivity contribution in [3.8, 4) is 0 Å². The van der Waals surface area contributed by atoms with Gasteiger partial charge in [0.15, 0.2) is 0 Å². The second-order valence-corrected chi connectivity index (χ2v) is 4.82. The molecule has 2 rings (SSSR count). The summed E-state index contributed by atoms with van der Waals surface area (Å²) in [4.78, 5) is 27.2. The molecular weight excluding hydrogens is 234 g/mol. The third kappa shape index (κ3) is 3.43. The number of hydrogen-bond acceptors (Lipinski definition) is 4. The van der Waals surface area contributed by atoms with Crippen molar-refractivity contribution >= 4 is 11.8 Å². The molecule has 2 N–H and O–H groups in total. The minimum Gasteiger partial charge on any atom is -0.370 e. The molecule has 102 valence electrons. The fourth-order valence-electron chi connectivity index (χ4n) is 2.10. The average Bonchev–Trinajstić information content (AvgIpc) is 3.22. The zero-order valence-electron chi connectivity index (χ0n) is 10.6. The standard InChI is InChI=1S/C12H21N3O3/c13-3-8-18-9-11(16)14-4-6-15(7-5-14)12(17)10-1-2-10/h10H,1-9,13H2. The zero-order chi connectivity index (χ0) is 13.0. The molecule has 2 amide bonds. The minimum absolute atomic E-state index is 0.0121. The molecule has 0 radical (unpaired) electrons. The van der Waals surface area contributed by atoms with Crippen LogP contribution in [0.1, 0.15) is 12.8 Å². The van der Waals surface area contributed by atoms with E-state index in [-0.39, 0.29) is 24.3 Å². The third-order valence-electron chi connectivity index (χ3n) is 3.36. The van der Waals surface area contributed by atoms with Gasteiger partial charge in [0.1, 0.15) is 6.61 Å². The highest BCUT2D eigenvalue weighted by Gasteiger charge is 2.35. The van der Waals surface area contributed by atoms with Gasteiger partial charge >= 0.3 is 0 Å². The number of piperazine rings is 1. The summed E-state index contributed by atoms with van der Waals surface area (Å²) in [7, 11) is 0. The number of hydrogen-bond donors (Lipinski definition) is 1. The van der Waals surface area contributed by atoms with Crippen LogP contribution in [0.3, 0.4) is 0 Å². The molecule has 0 bridgehead atoms. The Balaban J connectivity index is 1.68. The first-order valence-corrected chi connectivity index (χ1v) is 6.56. The SMILES string of the molecule is NCCOCC(=O)N1CCN(C(=O)C2CC2)CC1. The maximum atomic E-state index is 11.8. The summed E-state index contributed by atoms with van der Waals surface area (Å²) in [5.74, 6) is 0.517. The highest BCUT2D eigenvalue weighted by molar-refractivity contribution is 5.82. The smallest absolute Gasteiger partial charge is 0.248 e. The lowest BCUT2D eigenvalue weighted by atomic mass is 10.2. The van der Waals surface area contributed by atoms with Crippen LogP contribution in [-0.2, 0) is 14.3 Å². The predicted molar refractivity (Wildman–Crippen MR) is 65.8 cm³/mol. The highest BCUT2D eigenvalue weighted by atomic mass is 16.5. The monoisotopic (exact) mass is 255 g/mol. The Kier molecular flexibility index (Phi) is 4.54. The molecule has 0 aromatic carbocycles. The van der Waals surface area contributed by atoms with E-state index in [1.54, 1.807) is 4.90 Å². The fourth-order valence-corrected chi connectivity index (χ4v) is 2.10. The quantitative estimate of drug-likeness (QED) is 0.642. The van der Waals surface area contributed by atoms with Crippen LogP contribution in [0.25, 0.3) is 0 Å². The van der Waals surface area contributed by atoms with Gasteiger partial charge in [-0.3, -0.25) is 9.59 Å². The maximum Gasteiger partial charge on any atom is 0.248 e. The zero-order valence-corrected chi connectivity index (χ0v) is 10.6. The molecule has 1 aliphatic heterocycles. The highest BCUT2D eigenvalue weighted by Crippen LogP contribution is 2.31. The average molecular weight is 255 g/mol. The normalized spacial score (nSPS) is 20.1. The fraction of sp³-hybridized carbons (Fsp3) is 0.833. The number of nitrogens with two attached hydrogens (primary N) is 1. The lowest BCUT2D eigenvalue weighted by Crippen LogP contribution is -2.51. The molecule has 1 saturated heterocycles. The van der Waals surface area contributed by atoms with Crippen LogP contribution in [0.4, 0.5) is 0 Å². The molecule has 0 aromatic rings. The molecule has 1 aliphatic carbocycles. The van der Waals surface area contributed by atoms with Crippen molar-refractivity contribution in [2.45, 2.75) is 12.8 Å². The lowest BCUT2D eigenvalue weighted by molar-refractivity contribution is -0.142. The van der Waals surface area contributed by atoms with E-state index in [9.17, 15) is 9.59 Å². The molecule has 1 heterocycles. The van der Waals surface area contributed by atoms with E-state index < -0.39 is 0 Å². The number of nitrogens with zero attached hydrogens (tertiary/aromatic N) is 2. The molecule has 6 heteroatoms. The van der Waals surface area contributed by atoms with Crippen LogP contribution >= 0.6 is 0 Å².